The molecule has 39 heavy (non-hydrogen) atoms. The Kier molecular flexibility index (Phi) is 5.98. The van der Waals surface area contributed by atoms with Crippen LogP contribution in [-0.4, -0.2) is 45.7 Å². The number of imide groups is 1. The van der Waals surface area contributed by atoms with Gasteiger partial charge in [-0.2, -0.15) is 0 Å². The molecule has 0 spiro atoms. The maximum absolute atomic E-state index is 13.9. The highest BCUT2D eigenvalue weighted by Gasteiger charge is 2.56. The molecule has 0 aromatic heterocycles. The third-order valence-corrected chi connectivity index (χ3v) is 8.61. The Morgan fingerprint density at radius 3 is 2.49 bits per heavy atom. The Morgan fingerprint density at radius 2 is 1.77 bits per heavy atom. The third kappa shape index (κ3) is 3.84. The fraction of sp³-hybridized carbons (Fsp3) is 0.241. The lowest BCUT2D eigenvalue weighted by molar-refractivity contribution is -0.123. The molecule has 2 amide bonds. The highest BCUT2D eigenvalue weighted by atomic mass is 35.5. The van der Waals surface area contributed by atoms with Crippen LogP contribution in [0.15, 0.2) is 76.9 Å². The average Bonchev–Trinajstić information content (AvgIpc) is 3.16. The molecule has 2 aromatic rings. The Labute approximate surface area is 229 Å². The van der Waals surface area contributed by atoms with Gasteiger partial charge in [0.15, 0.2) is 11.6 Å². The highest BCUT2D eigenvalue weighted by molar-refractivity contribution is 6.58. The summed E-state index contributed by atoms with van der Waals surface area (Å²) in [5, 5.41) is 29.4. The topological polar surface area (TPSA) is 132 Å². The smallest absolute Gasteiger partial charge is 0.488 e. The number of amides is 2. The first-order chi connectivity index (χ1) is 18.6. The number of hydrogen-bond acceptors (Lipinski definition) is 7. The molecule has 0 saturated carbocycles. The Morgan fingerprint density at radius 1 is 1.00 bits per heavy atom. The van der Waals surface area contributed by atoms with E-state index in [1.807, 2.05) is 6.08 Å². The van der Waals surface area contributed by atoms with Gasteiger partial charge < -0.3 is 15.2 Å². The summed E-state index contributed by atoms with van der Waals surface area (Å²) in [6.07, 6.45) is 3.59. The van der Waals surface area contributed by atoms with Crippen LogP contribution in [0.2, 0.25) is 5.02 Å². The molecule has 10 heteroatoms. The first kappa shape index (κ1) is 25.5. The van der Waals surface area contributed by atoms with Crippen molar-refractivity contribution in [3.63, 3.8) is 0 Å². The van der Waals surface area contributed by atoms with Crippen molar-refractivity contribution in [3.05, 3.63) is 87.5 Å². The molecule has 2 aromatic carbocycles. The van der Waals surface area contributed by atoms with Gasteiger partial charge in [-0.1, -0.05) is 41.4 Å². The number of allylic oxidation sites excluding steroid dienone is 6. The quantitative estimate of drug-likeness (QED) is 0.234. The van der Waals surface area contributed by atoms with E-state index >= 15 is 0 Å². The third-order valence-electron chi connectivity index (χ3n) is 8.28. The number of aromatic hydroxyl groups is 1. The second kappa shape index (κ2) is 9.15. The largest absolute Gasteiger partial charge is 0.508 e. The van der Waals surface area contributed by atoms with Gasteiger partial charge in [0.25, 0.3) is 0 Å². The minimum Gasteiger partial charge on any atom is -0.508 e. The second-order valence-corrected chi connectivity index (χ2v) is 10.8. The van der Waals surface area contributed by atoms with E-state index in [1.165, 1.54) is 36.4 Å². The van der Waals surface area contributed by atoms with Crippen molar-refractivity contribution in [2.45, 2.75) is 25.7 Å². The van der Waals surface area contributed by atoms with Crippen LogP contribution in [0.5, 0.6) is 5.75 Å². The van der Waals surface area contributed by atoms with Crippen molar-refractivity contribution >= 4 is 53.3 Å². The van der Waals surface area contributed by atoms with Gasteiger partial charge in [0.2, 0.25) is 11.8 Å². The summed E-state index contributed by atoms with van der Waals surface area (Å²) in [6.45, 7) is 1.58. The van der Waals surface area contributed by atoms with Crippen LogP contribution in [0.4, 0.5) is 5.69 Å². The number of benzene rings is 2. The number of ketones is 2. The van der Waals surface area contributed by atoms with E-state index in [2.05, 4.69) is 0 Å². The summed E-state index contributed by atoms with van der Waals surface area (Å²) >= 11 is 6.55. The maximum Gasteiger partial charge on any atom is 0.488 e. The van der Waals surface area contributed by atoms with Crippen LogP contribution in [0.1, 0.15) is 31.2 Å². The molecule has 4 atom stereocenters. The minimum absolute atomic E-state index is 0.0489. The first-order valence-electron chi connectivity index (χ1n) is 12.6. The Balaban J connectivity index is 1.48. The van der Waals surface area contributed by atoms with Crippen LogP contribution in [0.3, 0.4) is 0 Å². The van der Waals surface area contributed by atoms with Gasteiger partial charge in [-0.15, -0.1) is 0 Å². The number of rotatable bonds is 3. The van der Waals surface area contributed by atoms with Crippen molar-refractivity contribution in [2.24, 2.45) is 17.8 Å². The van der Waals surface area contributed by atoms with Crippen molar-refractivity contribution in [3.8, 4) is 5.75 Å². The number of Topliss-reactive ketones (excluding diaryl/α,β-unsaturated/α-hetero) is 1. The number of anilines is 1. The summed E-state index contributed by atoms with van der Waals surface area (Å²) in [5.41, 5.74) is 2.61. The number of phenols is 1. The molecule has 0 unspecified atom stereocenters. The molecule has 1 saturated heterocycles. The predicted molar refractivity (Wildman–Crippen MR) is 143 cm³/mol. The Hall–Kier alpha value is -3.79. The SMILES string of the molecule is CC1=CC(=O)C2=C(C[C@@H]3C(=CC[C@@H]4C(=O)N(c5cccc(B(O)O)c5)C(=O)[C@@H]43)[C@@H]2c2ccc(O)cc2Cl)C1=O. The number of carbonyl (C=O) groups is 4. The standard InChI is InChI=1S/C29H23BClNO7/c1-13-9-23(34)26-21(27(13)35)12-20-17(24(26)18-6-5-16(33)11-22(18)31)7-8-19-25(20)29(37)32(28(19)36)15-4-2-3-14(10-15)30(38)39/h2-7,9-11,19-20,24-25,33,38-39H,8,12H2,1H3/t19-,20+,24+,25-/m0/s1. The lowest BCUT2D eigenvalue weighted by Gasteiger charge is -2.42. The highest BCUT2D eigenvalue weighted by Crippen LogP contribution is 2.56. The summed E-state index contributed by atoms with van der Waals surface area (Å²) in [6, 6.07) is 10.4. The number of carbonyl (C=O) groups excluding carboxylic acids is 4. The molecule has 1 aliphatic heterocycles. The zero-order valence-corrected chi connectivity index (χ0v) is 21.6. The summed E-state index contributed by atoms with van der Waals surface area (Å²) in [5.74, 6) is -4.15. The van der Waals surface area contributed by atoms with Gasteiger partial charge in [-0.25, -0.2) is 0 Å². The lowest BCUT2D eigenvalue weighted by atomic mass is 9.59. The zero-order chi connectivity index (χ0) is 27.7. The van der Waals surface area contributed by atoms with E-state index in [4.69, 9.17) is 11.6 Å². The van der Waals surface area contributed by atoms with E-state index in [0.29, 0.717) is 22.3 Å². The molecule has 6 rings (SSSR count). The summed E-state index contributed by atoms with van der Waals surface area (Å²) < 4.78 is 0. The minimum atomic E-state index is -1.76. The van der Waals surface area contributed by atoms with E-state index in [9.17, 15) is 34.3 Å². The van der Waals surface area contributed by atoms with E-state index in [1.54, 1.807) is 19.1 Å². The first-order valence-corrected chi connectivity index (χ1v) is 13.0. The number of hydrogen-bond donors (Lipinski definition) is 3. The van der Waals surface area contributed by atoms with Gasteiger partial charge in [-0.3, -0.25) is 24.1 Å². The van der Waals surface area contributed by atoms with E-state index in [-0.39, 0.29) is 46.3 Å². The number of phenolic OH excluding ortho intramolecular Hbond substituents is 1. The molecule has 8 nitrogen and oxygen atoms in total. The van der Waals surface area contributed by atoms with Crippen LogP contribution in [-0.2, 0) is 19.2 Å². The number of fused-ring (bicyclic) bond motifs is 3. The lowest BCUT2D eigenvalue weighted by Crippen LogP contribution is -2.40. The van der Waals surface area contributed by atoms with E-state index in [0.717, 1.165) is 10.5 Å². The van der Waals surface area contributed by atoms with Gasteiger partial charge in [0.1, 0.15) is 5.75 Å². The zero-order valence-electron chi connectivity index (χ0n) is 20.8. The van der Waals surface area contributed by atoms with Crippen LogP contribution in [0, 0.1) is 17.8 Å². The molecule has 0 bridgehead atoms. The molecule has 1 heterocycles. The maximum atomic E-state index is 13.9. The molecule has 4 aliphatic rings. The Bertz CT molecular complexity index is 1590. The van der Waals surface area contributed by atoms with E-state index < -0.39 is 42.6 Å². The molecular weight excluding hydrogens is 521 g/mol. The monoisotopic (exact) mass is 543 g/mol. The van der Waals surface area contributed by atoms with Gasteiger partial charge >= 0.3 is 7.12 Å². The molecule has 3 aliphatic carbocycles. The van der Waals surface area contributed by atoms with Crippen molar-refractivity contribution in [1.29, 1.82) is 0 Å². The summed E-state index contributed by atoms with van der Waals surface area (Å²) in [7, 11) is -1.76. The van der Waals surface area contributed by atoms with Gasteiger partial charge in [0.05, 0.1) is 17.5 Å². The van der Waals surface area contributed by atoms with Crippen LogP contribution < -0.4 is 10.4 Å². The predicted octanol–water partition coefficient (Wildman–Crippen LogP) is 2.36. The molecule has 1 fully saturated rings. The molecular formula is C29H23BClNO7. The van der Waals surface area contributed by atoms with Crippen molar-refractivity contribution < 1.29 is 34.3 Å². The van der Waals surface area contributed by atoms with Crippen molar-refractivity contribution in [2.75, 3.05) is 4.90 Å². The number of nitrogens with zero attached hydrogens (tertiary/aromatic N) is 1. The average molecular weight is 544 g/mol. The fourth-order valence-corrected chi connectivity index (χ4v) is 6.85. The number of halogens is 1. The van der Waals surface area contributed by atoms with Crippen molar-refractivity contribution in [1.82, 2.24) is 0 Å². The molecule has 196 valence electrons. The van der Waals surface area contributed by atoms with Crippen LogP contribution in [0.25, 0.3) is 0 Å². The summed E-state index contributed by atoms with van der Waals surface area (Å²) in [4.78, 5) is 55.2. The van der Waals surface area contributed by atoms with Crippen LogP contribution >= 0.6 is 11.6 Å². The molecule has 0 radical (unpaired) electrons. The molecule has 3 N–H and O–H groups in total. The second-order valence-electron chi connectivity index (χ2n) is 10.4. The van der Waals surface area contributed by atoms with Gasteiger partial charge in [0, 0.05) is 27.7 Å². The fourth-order valence-electron chi connectivity index (χ4n) is 6.57. The normalized spacial score (nSPS) is 26.2. The van der Waals surface area contributed by atoms with Gasteiger partial charge in [-0.05, 0) is 67.1 Å².